The van der Waals surface area contributed by atoms with Crippen LogP contribution in [-0.4, -0.2) is 60.7 Å². The maximum absolute atomic E-state index is 7.28. The molecule has 300 valence electrons. The number of nitrogens with two attached hydrogens (primary N) is 1. The molecule has 60 heavy (non-hydrogen) atoms. The number of benzene rings is 4. The molecular weight excluding hydrogens is 749 g/mol. The van der Waals surface area contributed by atoms with Crippen molar-refractivity contribution in [3.63, 3.8) is 0 Å². The summed E-state index contributed by atoms with van der Waals surface area (Å²) in [6.07, 6.45) is 10.9. The Hall–Kier alpha value is -7.08. The van der Waals surface area contributed by atoms with Gasteiger partial charge in [0.05, 0.1) is 59.9 Å². The average molecular weight is 795 g/mol. The number of hydrogen-bond donors (Lipinski definition) is 3. The first-order valence-corrected chi connectivity index (χ1v) is 20.3. The van der Waals surface area contributed by atoms with Gasteiger partial charge in [-0.3, -0.25) is 26.0 Å². The van der Waals surface area contributed by atoms with E-state index in [0.29, 0.717) is 37.6 Å². The number of hydrazine groups is 1. The van der Waals surface area contributed by atoms with Crippen LogP contribution in [0.1, 0.15) is 29.4 Å². The van der Waals surface area contributed by atoms with Crippen LogP contribution < -0.4 is 15.3 Å². The number of rotatable bonds is 16. The third-order valence-electron chi connectivity index (χ3n) is 11.1. The van der Waals surface area contributed by atoms with Crippen LogP contribution >= 0.6 is 0 Å². The summed E-state index contributed by atoms with van der Waals surface area (Å²) in [4.78, 5) is 9.76. The van der Waals surface area contributed by atoms with Gasteiger partial charge in [-0.2, -0.15) is 10.2 Å². The van der Waals surface area contributed by atoms with Gasteiger partial charge < -0.3 is 13.9 Å². The van der Waals surface area contributed by atoms with E-state index < -0.39 is 0 Å². The molecule has 0 saturated heterocycles. The number of aryl methyl sites for hydroxylation is 2. The molecule has 0 saturated carbocycles. The predicted octanol–water partition coefficient (Wildman–Crippen LogP) is 9.55. The van der Waals surface area contributed by atoms with Gasteiger partial charge in [-0.15, -0.1) is 0 Å². The molecule has 5 heterocycles. The summed E-state index contributed by atoms with van der Waals surface area (Å²) in [6, 6.07) is 38.9. The summed E-state index contributed by atoms with van der Waals surface area (Å²) in [7, 11) is 0. The van der Waals surface area contributed by atoms with Crippen LogP contribution in [0.5, 0.6) is 11.5 Å². The highest BCUT2D eigenvalue weighted by Crippen LogP contribution is 2.35. The monoisotopic (exact) mass is 794 g/mol. The van der Waals surface area contributed by atoms with Gasteiger partial charge in [0.1, 0.15) is 24.7 Å². The third-order valence-corrected chi connectivity index (χ3v) is 11.1. The van der Waals surface area contributed by atoms with Gasteiger partial charge in [0, 0.05) is 38.9 Å². The van der Waals surface area contributed by atoms with Gasteiger partial charge in [-0.1, -0.05) is 79.7 Å². The molecule has 0 aliphatic heterocycles. The quantitative estimate of drug-likeness (QED) is 0.0644. The number of hydrogen-bond acceptors (Lipinski definition) is 9. The lowest BCUT2D eigenvalue weighted by atomic mass is 9.99. The van der Waals surface area contributed by atoms with Gasteiger partial charge in [0.25, 0.3) is 0 Å². The summed E-state index contributed by atoms with van der Waals surface area (Å²) in [5.74, 6) is 8.58. The number of fused-ring (bicyclic) bond motifs is 2. The summed E-state index contributed by atoms with van der Waals surface area (Å²) in [6.45, 7) is 4.78. The van der Waals surface area contributed by atoms with Gasteiger partial charge in [-0.25, -0.2) is 5.01 Å². The fourth-order valence-corrected chi connectivity index (χ4v) is 7.83. The highest BCUT2D eigenvalue weighted by molar-refractivity contribution is 5.89. The van der Waals surface area contributed by atoms with Crippen LogP contribution in [-0.2, 0) is 19.3 Å². The van der Waals surface area contributed by atoms with Crippen molar-refractivity contribution in [2.45, 2.75) is 45.2 Å². The summed E-state index contributed by atoms with van der Waals surface area (Å²) in [5, 5.41) is 18.8. The number of aromatic amines is 2. The summed E-state index contributed by atoms with van der Waals surface area (Å²) < 4.78 is 18.8. The molecule has 0 aliphatic carbocycles. The van der Waals surface area contributed by atoms with Gasteiger partial charge >= 0.3 is 0 Å². The first-order chi connectivity index (χ1) is 29.5. The second kappa shape index (κ2) is 17.4. The molecule has 11 nitrogen and oxygen atoms in total. The number of furan rings is 1. The van der Waals surface area contributed by atoms with Crippen molar-refractivity contribution in [1.29, 1.82) is 0 Å². The SMILES string of the molecule is CCc1ncc(OC[C@H](Cc2ccccc2)N(N)[C@H](COc2cnc(-c3ccoc3)c(-c3ccc4[nH]ncc4c3)c2)Cc2ccccc2)cc1-c1ccc2n[nH]c(C)c2c1. The van der Waals surface area contributed by atoms with E-state index in [0.717, 1.165) is 84.3 Å². The highest BCUT2D eigenvalue weighted by atomic mass is 16.5. The van der Waals surface area contributed by atoms with E-state index in [1.54, 1.807) is 18.7 Å². The molecule has 5 aromatic heterocycles. The summed E-state index contributed by atoms with van der Waals surface area (Å²) >= 11 is 0. The lowest BCUT2D eigenvalue weighted by molar-refractivity contribution is 0.0632. The van der Waals surface area contributed by atoms with E-state index >= 15 is 0 Å². The number of pyridine rings is 2. The maximum Gasteiger partial charge on any atom is 0.138 e. The number of H-pyrrole nitrogens is 2. The van der Waals surface area contributed by atoms with Gasteiger partial charge in [-0.05, 0) is 90.9 Å². The fourth-order valence-electron chi connectivity index (χ4n) is 7.83. The van der Waals surface area contributed by atoms with Crippen LogP contribution in [0.2, 0.25) is 0 Å². The topological polar surface area (TPSA) is 144 Å². The molecular formula is C49H46N8O3. The predicted molar refractivity (Wildman–Crippen MR) is 235 cm³/mol. The molecule has 0 bridgehead atoms. The third kappa shape index (κ3) is 8.40. The molecule has 0 aliphatic rings. The molecule has 9 aromatic rings. The Morgan fingerprint density at radius 2 is 1.37 bits per heavy atom. The van der Waals surface area contributed by atoms with Gasteiger partial charge in [0.2, 0.25) is 0 Å². The molecule has 0 fully saturated rings. The van der Waals surface area contributed by atoms with E-state index in [1.165, 1.54) is 0 Å². The van der Waals surface area contributed by atoms with Crippen molar-refractivity contribution in [1.82, 2.24) is 35.4 Å². The second-order valence-electron chi connectivity index (χ2n) is 15.1. The van der Waals surface area contributed by atoms with E-state index in [2.05, 4.69) is 106 Å². The van der Waals surface area contributed by atoms with E-state index in [1.807, 2.05) is 60.7 Å². The molecule has 0 amide bonds. The standard InChI is InChI=1S/C49H46N8O3/c1-3-46-44(36-15-17-48-43(23-36)32(2)54-56-48)24-41(27-51-46)59-30-39(20-33-10-6-4-7-11-33)57(50)40(21-34-12-8-5-9-13-34)31-60-42-25-45(49(52-28-42)37-18-19-58-29-37)35-14-16-47-38(22-35)26-53-55-47/h4-19,22-29,39-40H,3,20-21,30-31,50H2,1-2H3,(H,53,55)(H,54,56)/t39-,40-/m0/s1. The molecule has 9 rings (SSSR count). The molecule has 11 heteroatoms. The first kappa shape index (κ1) is 38.4. The zero-order valence-corrected chi connectivity index (χ0v) is 33.6. The Morgan fingerprint density at radius 1 is 0.700 bits per heavy atom. The second-order valence-corrected chi connectivity index (χ2v) is 15.1. The number of aromatic nitrogens is 6. The van der Waals surface area contributed by atoms with Crippen LogP contribution in [0.15, 0.2) is 151 Å². The van der Waals surface area contributed by atoms with Crippen LogP contribution in [0.3, 0.4) is 0 Å². The van der Waals surface area contributed by atoms with Crippen molar-refractivity contribution < 1.29 is 13.9 Å². The fraction of sp³-hybridized carbons (Fsp3) is 0.184. The number of nitrogens with one attached hydrogen (secondary N) is 2. The van der Waals surface area contributed by atoms with Crippen LogP contribution in [0.4, 0.5) is 0 Å². The normalized spacial score (nSPS) is 12.6. The molecule has 4 aromatic carbocycles. The van der Waals surface area contributed by atoms with Crippen molar-refractivity contribution in [2.24, 2.45) is 5.84 Å². The maximum atomic E-state index is 7.28. The van der Waals surface area contributed by atoms with Crippen molar-refractivity contribution in [3.05, 3.63) is 169 Å². The summed E-state index contributed by atoms with van der Waals surface area (Å²) in [5.41, 5.74) is 11.9. The zero-order valence-electron chi connectivity index (χ0n) is 33.6. The Balaban J connectivity index is 1.01. The number of nitrogens with zero attached hydrogens (tertiary/aromatic N) is 5. The highest BCUT2D eigenvalue weighted by Gasteiger charge is 2.27. The smallest absolute Gasteiger partial charge is 0.138 e. The largest absolute Gasteiger partial charge is 0.490 e. The minimum atomic E-state index is -0.231. The van der Waals surface area contributed by atoms with Gasteiger partial charge in [0.15, 0.2) is 0 Å². The van der Waals surface area contributed by atoms with E-state index in [4.69, 9.17) is 29.7 Å². The Kier molecular flexibility index (Phi) is 11.2. The molecule has 2 atom stereocenters. The van der Waals surface area contributed by atoms with Crippen molar-refractivity contribution in [2.75, 3.05) is 13.2 Å². The van der Waals surface area contributed by atoms with Crippen LogP contribution in [0.25, 0.3) is 55.3 Å². The van der Waals surface area contributed by atoms with E-state index in [9.17, 15) is 0 Å². The molecule has 0 radical (unpaired) electrons. The Morgan fingerprint density at radius 3 is 2.05 bits per heavy atom. The molecule has 0 unspecified atom stereocenters. The number of ether oxygens (including phenoxy) is 2. The Bertz CT molecular complexity index is 2820. The molecule has 4 N–H and O–H groups in total. The lowest BCUT2D eigenvalue weighted by Gasteiger charge is -2.34. The van der Waals surface area contributed by atoms with Crippen molar-refractivity contribution in [3.8, 4) is 45.0 Å². The minimum absolute atomic E-state index is 0.220. The molecule has 0 spiro atoms. The van der Waals surface area contributed by atoms with Crippen LogP contribution in [0, 0.1) is 6.92 Å². The average Bonchev–Trinajstić information content (AvgIpc) is 4.09. The first-order valence-electron chi connectivity index (χ1n) is 20.3. The Labute approximate surface area is 348 Å². The zero-order chi connectivity index (χ0) is 40.8. The van der Waals surface area contributed by atoms with E-state index in [-0.39, 0.29) is 12.1 Å². The van der Waals surface area contributed by atoms with Crippen molar-refractivity contribution >= 4 is 21.8 Å². The minimum Gasteiger partial charge on any atom is -0.490 e. The lowest BCUT2D eigenvalue weighted by Crippen LogP contribution is -2.54.